The summed E-state index contributed by atoms with van der Waals surface area (Å²) >= 11 is 9.86. The van der Waals surface area contributed by atoms with Crippen molar-refractivity contribution in [3.8, 4) is 0 Å². The number of aliphatic hydroxyl groups is 2. The first-order valence-corrected chi connectivity index (χ1v) is 43.8. The van der Waals surface area contributed by atoms with Crippen molar-refractivity contribution in [1.82, 2.24) is 10.6 Å². The van der Waals surface area contributed by atoms with Gasteiger partial charge in [-0.3, -0.25) is 9.13 Å². The van der Waals surface area contributed by atoms with Crippen LogP contribution in [0.15, 0.2) is 23.3 Å². The summed E-state index contributed by atoms with van der Waals surface area (Å²) in [7, 11) is 2.75. The van der Waals surface area contributed by atoms with E-state index in [0.29, 0.717) is 85.4 Å². The molecule has 10 unspecified atom stereocenters. The van der Waals surface area contributed by atoms with Gasteiger partial charge in [0.25, 0.3) is 0 Å². The molecule has 18 atom stereocenters. The lowest BCUT2D eigenvalue weighted by molar-refractivity contribution is -0.908. The Hall–Kier alpha value is -0.530. The van der Waals surface area contributed by atoms with Gasteiger partial charge >= 0.3 is 25.9 Å². The molecule has 0 radical (unpaired) electrons. The molecule has 2 amide bonds. The highest BCUT2D eigenvalue weighted by Gasteiger charge is 2.61. The van der Waals surface area contributed by atoms with Crippen LogP contribution in [0.3, 0.4) is 0 Å². The molecule has 97 heavy (non-hydrogen) atoms. The summed E-state index contributed by atoms with van der Waals surface area (Å²) in [4.78, 5) is 25.6. The zero-order chi connectivity index (χ0) is 70.9. The van der Waals surface area contributed by atoms with Gasteiger partial charge in [0.05, 0.1) is 73.3 Å². The van der Waals surface area contributed by atoms with Gasteiger partial charge in [0.1, 0.15) is 45.0 Å². The van der Waals surface area contributed by atoms with E-state index in [-0.39, 0.29) is 79.0 Å². The molecule has 4 N–H and O–H groups in total. The van der Waals surface area contributed by atoms with Gasteiger partial charge in [-0.1, -0.05) is 131 Å². The maximum absolute atomic E-state index is 13.0. The van der Waals surface area contributed by atoms with Crippen molar-refractivity contribution in [3.05, 3.63) is 23.3 Å². The summed E-state index contributed by atoms with van der Waals surface area (Å²) in [6, 6.07) is 0. The number of carbonyl (C=O) groups is 2. The van der Waals surface area contributed by atoms with Crippen LogP contribution in [0.5, 0.6) is 0 Å². The number of carbonyl (C=O) groups excluding carboxylic acids is 2. The Balaban J connectivity index is 0.000000319. The number of nitrogens with zero attached hydrogens (tertiary/aromatic N) is 2. The summed E-state index contributed by atoms with van der Waals surface area (Å²) in [5, 5.41) is 24.7. The van der Waals surface area contributed by atoms with E-state index >= 15 is 0 Å². The summed E-state index contributed by atoms with van der Waals surface area (Å²) in [6.07, 6.45) is 29.0. The molecule has 0 heterocycles. The van der Waals surface area contributed by atoms with E-state index in [1.165, 1.54) is 109 Å². The number of hydrogen-bond donors (Lipinski definition) is 4. The van der Waals surface area contributed by atoms with Gasteiger partial charge in [0.15, 0.2) is 0 Å². The normalized spacial score (nSPS) is 33.1. The van der Waals surface area contributed by atoms with E-state index in [1.807, 2.05) is 14.0 Å². The minimum absolute atomic E-state index is 0. The topological polar surface area (TPSA) is 188 Å². The minimum Gasteiger partial charge on any atom is -1.00 e. The van der Waals surface area contributed by atoms with Crippen molar-refractivity contribution in [1.29, 1.82) is 0 Å². The monoisotopic (exact) mass is 1560 g/mol. The number of aliphatic hydroxyl groups excluding tert-OH is 2. The molecule has 21 heteroatoms. The lowest BCUT2D eigenvalue weighted by Gasteiger charge is -2.58. The zero-order valence-corrected chi connectivity index (χ0v) is 69.1. The number of likely N-dealkylation sites (N-methyl/N-ethyl adjacent to an activating group) is 2. The number of halogens is 3. The summed E-state index contributed by atoms with van der Waals surface area (Å²) < 4.78 is 56.1. The summed E-state index contributed by atoms with van der Waals surface area (Å²) in [5.74, 6) is 10.0. The van der Waals surface area contributed by atoms with Crippen molar-refractivity contribution < 1.29 is 89.7 Å². The molecule has 8 aliphatic rings. The van der Waals surface area contributed by atoms with Crippen LogP contribution < -0.4 is 34.6 Å². The van der Waals surface area contributed by atoms with Crippen LogP contribution in [0.25, 0.3) is 0 Å². The number of ether oxygens (including phenoxy) is 3. The molecule has 6 saturated carbocycles. The number of alkyl carbamates (subject to hydrolysis) is 2. The Labute approximate surface area is 617 Å². The van der Waals surface area contributed by atoms with Crippen molar-refractivity contribution in [2.24, 2.45) is 92.7 Å². The van der Waals surface area contributed by atoms with Crippen LogP contribution >= 0.6 is 36.2 Å². The highest BCUT2D eigenvalue weighted by Crippen LogP contribution is 2.69. The standard InChI is InChI=1S/C39H71N2O6P.C35H62N2O4.C2H5Cl2O2P.HI/c1-10-45-48(9,43)46-27-25-41(7,24-26-44-8)23-22-40-37(42)47-32-18-20-38(5)31(28-32)14-15-33-35-17-16-34(30(4)13-11-12-29(2)3)39(35,6)21-19-36(33)38;1-25(2)8-7-9-26(3)30-12-13-31-29-11-10-27-24-28(14-16-34(27,4)32(29)15-17-35(30,31)5)41-33(40)36-18-19-37(6,20-22-38)21-23-39;1-2-6-7(3,4)5;/h14,29-30,32-36H,10-13,15-28H2,1-9H3;10,25-26,28-32,38-39H,7-9,11-24H2,1-6H3;2H2,1H3;1H/p+1/t30?,32-,33?,34+,35?,36?,38-,39+,41?,48?;26?,28-,29?,30+,31?,32?,34-,35+;;/m00../s1. The van der Waals surface area contributed by atoms with Gasteiger partial charge < -0.3 is 81.6 Å². The maximum Gasteiger partial charge on any atom is 0.407 e. The van der Waals surface area contributed by atoms with E-state index in [9.17, 15) is 28.9 Å². The fourth-order valence-electron chi connectivity index (χ4n) is 21.1. The Morgan fingerprint density at radius 2 is 0.990 bits per heavy atom. The van der Waals surface area contributed by atoms with E-state index in [1.54, 1.807) is 25.2 Å². The summed E-state index contributed by atoms with van der Waals surface area (Å²) in [5.41, 5.74) is 4.63. The molecule has 0 bridgehead atoms. The molecule has 566 valence electrons. The minimum atomic E-state index is -3.22. The third kappa shape index (κ3) is 24.0. The Morgan fingerprint density at radius 1 is 0.577 bits per heavy atom. The van der Waals surface area contributed by atoms with Crippen LogP contribution in [0.1, 0.15) is 224 Å². The second kappa shape index (κ2) is 39.2. The third-order valence-electron chi connectivity index (χ3n) is 26.6. The molecular formula is C76H140Cl2IN4O12P2+. The average Bonchev–Trinajstić information content (AvgIpc) is 1.71. The second-order valence-electron chi connectivity index (χ2n) is 33.8. The molecule has 8 aliphatic carbocycles. The van der Waals surface area contributed by atoms with Crippen LogP contribution in [-0.4, -0.2) is 163 Å². The van der Waals surface area contributed by atoms with Gasteiger partial charge in [-0.25, -0.2) is 9.59 Å². The Morgan fingerprint density at radius 3 is 1.36 bits per heavy atom. The van der Waals surface area contributed by atoms with Gasteiger partial charge in [-0.05, 0) is 219 Å². The number of allylic oxidation sites excluding steroid dienone is 2. The number of fused-ring (bicyclic) bond motifs is 10. The van der Waals surface area contributed by atoms with E-state index in [0.717, 1.165) is 116 Å². The molecular weight excluding hydrogens is 1420 g/mol. The first-order chi connectivity index (χ1) is 45.2. The second-order valence-corrected chi connectivity index (χ2v) is 40.2. The molecule has 0 saturated heterocycles. The molecule has 16 nitrogen and oxygen atoms in total. The van der Waals surface area contributed by atoms with Crippen molar-refractivity contribution in [2.45, 2.75) is 237 Å². The smallest absolute Gasteiger partial charge is 0.407 e. The lowest BCUT2D eigenvalue weighted by atomic mass is 9.47. The quantitative estimate of drug-likeness (QED) is 0.0211. The van der Waals surface area contributed by atoms with Gasteiger partial charge in [-0.15, -0.1) is 0 Å². The van der Waals surface area contributed by atoms with Crippen molar-refractivity contribution >= 4 is 48.3 Å². The number of methoxy groups -OCH3 is 1. The number of amides is 2. The predicted molar refractivity (Wildman–Crippen MR) is 392 cm³/mol. The number of rotatable bonds is 33. The largest absolute Gasteiger partial charge is 1.00 e. The highest BCUT2D eigenvalue weighted by atomic mass is 127. The Bertz CT molecular complexity index is 2580. The van der Waals surface area contributed by atoms with E-state index < -0.39 is 13.7 Å². The number of quaternary nitrogens is 2. The first-order valence-electron chi connectivity index (χ1n) is 38.3. The Kier molecular flexibility index (Phi) is 35.2. The van der Waals surface area contributed by atoms with E-state index in [2.05, 4.69) is 104 Å². The molecule has 0 aliphatic heterocycles. The molecule has 0 aromatic heterocycles. The van der Waals surface area contributed by atoms with Gasteiger partial charge in [0, 0.05) is 26.6 Å². The molecule has 6 fully saturated rings. The third-order valence-corrected chi connectivity index (χ3v) is 29.1. The van der Waals surface area contributed by atoms with Crippen LogP contribution in [0.2, 0.25) is 0 Å². The molecule has 0 spiro atoms. The van der Waals surface area contributed by atoms with Crippen LogP contribution in [0.4, 0.5) is 9.59 Å². The zero-order valence-electron chi connectivity index (χ0n) is 63.6. The predicted octanol–water partition coefficient (Wildman–Crippen LogP) is 15.3. The number of nitrogens with one attached hydrogen (secondary N) is 2. The van der Waals surface area contributed by atoms with Crippen molar-refractivity contribution in [2.75, 3.05) is 120 Å². The van der Waals surface area contributed by atoms with Crippen LogP contribution in [-0.2, 0) is 36.9 Å². The molecule has 8 rings (SSSR count). The van der Waals surface area contributed by atoms with Gasteiger partial charge in [-0.2, -0.15) is 0 Å². The van der Waals surface area contributed by atoms with Crippen molar-refractivity contribution in [3.63, 3.8) is 0 Å². The van der Waals surface area contributed by atoms with Crippen LogP contribution in [0, 0.1) is 92.7 Å². The van der Waals surface area contributed by atoms with E-state index in [4.69, 9.17) is 45.7 Å². The average molecular weight is 1560 g/mol. The SMILES string of the molecule is CC(C)CCCC(C)[C@H]1CCC2C3CC=C4C[C@@H](OC(=O)NCC[N+](C)(CCO)CCO)CC[C@]4(C)C3CC[C@@]21C.CCOP(=O)(Cl)Cl.CCOP(C)(=O)OCC[N+](C)(CCNC(=O)O[C@H]1CC[C@@]2(C)C(=CCC3C2CC[C@@]2(C)C3CC[C@@H]2C(C)CCCC(C)C)C1)CCOC.[I-]. The molecule has 0 aromatic rings. The fourth-order valence-corrected chi connectivity index (χ4v) is 22.9. The molecule has 0 aromatic carbocycles. The highest BCUT2D eigenvalue weighted by molar-refractivity contribution is 8.05. The lowest BCUT2D eigenvalue weighted by Crippen LogP contribution is -3.00. The summed E-state index contributed by atoms with van der Waals surface area (Å²) in [6.45, 7) is 36.5. The first kappa shape index (κ1) is 87.1. The maximum atomic E-state index is 13.0. The fraction of sp³-hybridized carbons (Fsp3) is 0.921. The van der Waals surface area contributed by atoms with Gasteiger partial charge in [0.2, 0.25) is 0 Å². The number of hydrogen-bond acceptors (Lipinski definition) is 12.